The van der Waals surface area contributed by atoms with E-state index in [9.17, 15) is 22.8 Å². The molecule has 228 valence electrons. The Morgan fingerprint density at radius 2 is 1.58 bits per heavy atom. The fourth-order valence-electron chi connectivity index (χ4n) is 4.23. The number of rotatable bonds is 11. The zero-order chi connectivity index (χ0) is 31.3. The molecule has 43 heavy (non-hydrogen) atoms. The van der Waals surface area contributed by atoms with Crippen LogP contribution in [-0.4, -0.2) is 49.7 Å². The molecule has 0 bridgehead atoms. The Bertz CT molecular complexity index is 1710. The topological polar surface area (TPSA) is 101 Å². The molecule has 9 nitrogen and oxygen atoms in total. The highest BCUT2D eigenvalue weighted by Gasteiger charge is 2.31. The molecule has 0 unspecified atom stereocenters. The quantitative estimate of drug-likeness (QED) is 0.156. The number of aromatic nitrogens is 2. The molecule has 0 saturated carbocycles. The van der Waals surface area contributed by atoms with Gasteiger partial charge in [-0.25, -0.2) is 4.98 Å². The van der Waals surface area contributed by atoms with E-state index in [1.165, 1.54) is 39.1 Å². The van der Waals surface area contributed by atoms with Gasteiger partial charge >= 0.3 is 6.18 Å². The Kier molecular flexibility index (Phi) is 9.97. The average Bonchev–Trinajstić information content (AvgIpc) is 2.99. The van der Waals surface area contributed by atoms with Gasteiger partial charge < -0.3 is 24.3 Å². The largest absolute Gasteiger partial charge is 0.493 e. The second kappa shape index (κ2) is 13.5. The van der Waals surface area contributed by atoms with Crippen molar-refractivity contribution in [2.24, 2.45) is 0 Å². The summed E-state index contributed by atoms with van der Waals surface area (Å²) in [6.07, 6.45) is -4.21. The van der Waals surface area contributed by atoms with Gasteiger partial charge in [0.2, 0.25) is 5.91 Å². The van der Waals surface area contributed by atoms with E-state index in [1.54, 1.807) is 18.2 Å². The predicted molar refractivity (Wildman–Crippen MR) is 158 cm³/mol. The number of anilines is 1. The summed E-state index contributed by atoms with van der Waals surface area (Å²) >= 11 is 6.98. The SMILES string of the molecule is COc1ccc(CCn2c(SCC(=O)Nc3cc(C(F)(F)F)ccc3Cl)nc3cc(OC)c(OC)cc3c2=O)cc1OC. The van der Waals surface area contributed by atoms with E-state index in [1.807, 2.05) is 6.07 Å². The number of methoxy groups -OCH3 is 4. The number of thioether (sulfide) groups is 1. The Morgan fingerprint density at radius 3 is 2.23 bits per heavy atom. The van der Waals surface area contributed by atoms with Crippen LogP contribution in [0.4, 0.5) is 18.9 Å². The fraction of sp³-hybridized carbons (Fsp3) is 0.276. The molecule has 0 saturated heterocycles. The predicted octanol–water partition coefficient (Wildman–Crippen LogP) is 6.08. The number of nitrogens with one attached hydrogen (secondary N) is 1. The maximum absolute atomic E-state index is 13.7. The number of hydrogen-bond donors (Lipinski definition) is 1. The molecular formula is C29H27ClF3N3O6S. The summed E-state index contributed by atoms with van der Waals surface area (Å²) in [7, 11) is 5.95. The third kappa shape index (κ3) is 7.28. The lowest BCUT2D eigenvalue weighted by atomic mass is 10.1. The number of hydrogen-bond acceptors (Lipinski definition) is 8. The molecule has 4 aromatic rings. The lowest BCUT2D eigenvalue weighted by Crippen LogP contribution is -2.25. The average molecular weight is 638 g/mol. The minimum Gasteiger partial charge on any atom is -0.493 e. The first-order valence-electron chi connectivity index (χ1n) is 12.7. The van der Waals surface area contributed by atoms with Gasteiger partial charge in [-0.2, -0.15) is 13.2 Å². The number of nitrogens with zero attached hydrogens (tertiary/aromatic N) is 2. The van der Waals surface area contributed by atoms with Crippen LogP contribution in [-0.2, 0) is 23.9 Å². The number of amides is 1. The molecule has 1 heterocycles. The Labute approximate surface area is 253 Å². The second-order valence-corrected chi connectivity index (χ2v) is 10.4. The van der Waals surface area contributed by atoms with Crippen molar-refractivity contribution in [1.82, 2.24) is 9.55 Å². The number of alkyl halides is 3. The number of halogens is 4. The zero-order valence-corrected chi connectivity index (χ0v) is 25.1. The van der Waals surface area contributed by atoms with Gasteiger partial charge in [0.05, 0.1) is 61.4 Å². The number of benzene rings is 3. The Hall–Kier alpha value is -4.10. The summed E-state index contributed by atoms with van der Waals surface area (Å²) in [5.41, 5.74) is -0.352. The summed E-state index contributed by atoms with van der Waals surface area (Å²) in [5, 5.41) is 2.85. The van der Waals surface area contributed by atoms with Gasteiger partial charge in [-0.05, 0) is 48.4 Å². The van der Waals surface area contributed by atoms with Crippen LogP contribution in [0, 0.1) is 0 Å². The Balaban J connectivity index is 1.66. The van der Waals surface area contributed by atoms with Crippen molar-refractivity contribution in [3.8, 4) is 23.0 Å². The van der Waals surface area contributed by atoms with E-state index in [0.29, 0.717) is 34.9 Å². The smallest absolute Gasteiger partial charge is 0.416 e. The van der Waals surface area contributed by atoms with Crippen molar-refractivity contribution in [3.63, 3.8) is 0 Å². The van der Waals surface area contributed by atoms with Gasteiger partial charge in [0.25, 0.3) is 5.56 Å². The minimum atomic E-state index is -4.61. The molecule has 0 aliphatic rings. The fourth-order valence-corrected chi connectivity index (χ4v) is 5.22. The Morgan fingerprint density at radius 1 is 0.930 bits per heavy atom. The normalized spacial score (nSPS) is 11.3. The first kappa shape index (κ1) is 31.8. The number of carbonyl (C=O) groups is 1. The van der Waals surface area contributed by atoms with Crippen LogP contribution in [0.1, 0.15) is 11.1 Å². The highest BCUT2D eigenvalue weighted by molar-refractivity contribution is 7.99. The molecular weight excluding hydrogens is 611 g/mol. The molecule has 14 heteroatoms. The van der Waals surface area contributed by atoms with Gasteiger partial charge in [-0.15, -0.1) is 0 Å². The van der Waals surface area contributed by atoms with Crippen LogP contribution in [0.15, 0.2) is 58.5 Å². The van der Waals surface area contributed by atoms with Crippen LogP contribution in [0.25, 0.3) is 10.9 Å². The van der Waals surface area contributed by atoms with E-state index in [-0.39, 0.29) is 39.1 Å². The van der Waals surface area contributed by atoms with Crippen molar-refractivity contribution in [1.29, 1.82) is 0 Å². The van der Waals surface area contributed by atoms with E-state index < -0.39 is 17.6 Å². The van der Waals surface area contributed by atoms with Gasteiger partial charge in [-0.1, -0.05) is 29.4 Å². The number of aryl methyl sites for hydroxylation is 1. The van der Waals surface area contributed by atoms with Crippen molar-refractivity contribution >= 4 is 45.9 Å². The van der Waals surface area contributed by atoms with Crippen molar-refractivity contribution in [2.75, 3.05) is 39.5 Å². The summed E-state index contributed by atoms with van der Waals surface area (Å²) in [6, 6.07) is 11.1. The molecule has 0 aliphatic heterocycles. The summed E-state index contributed by atoms with van der Waals surface area (Å²) in [6.45, 7) is 0.189. The monoisotopic (exact) mass is 637 g/mol. The van der Waals surface area contributed by atoms with Crippen LogP contribution >= 0.6 is 23.4 Å². The number of fused-ring (bicyclic) bond motifs is 1. The molecule has 0 fully saturated rings. The van der Waals surface area contributed by atoms with Crippen molar-refractivity contribution in [3.05, 3.63) is 75.0 Å². The standard InChI is InChI=1S/C29H27ClF3N3O6S/c1-39-22-8-5-16(11-23(22)40-2)9-10-36-27(38)18-13-24(41-3)25(42-4)14-20(18)35-28(36)43-15-26(37)34-21-12-17(29(31,32)33)6-7-19(21)30/h5-8,11-14H,9-10,15H2,1-4H3,(H,34,37). The maximum atomic E-state index is 13.7. The minimum absolute atomic E-state index is 0.0527. The molecule has 0 spiro atoms. The van der Waals surface area contributed by atoms with E-state index in [4.69, 9.17) is 30.5 Å². The van der Waals surface area contributed by atoms with Crippen molar-refractivity contribution in [2.45, 2.75) is 24.3 Å². The maximum Gasteiger partial charge on any atom is 0.416 e. The van der Waals surface area contributed by atoms with Gasteiger partial charge in [0, 0.05) is 12.6 Å². The second-order valence-electron chi connectivity index (χ2n) is 9.04. The third-order valence-corrected chi connectivity index (χ3v) is 7.70. The van der Waals surface area contributed by atoms with Crippen LogP contribution < -0.4 is 29.8 Å². The van der Waals surface area contributed by atoms with Crippen molar-refractivity contribution < 1.29 is 36.9 Å². The summed E-state index contributed by atoms with van der Waals surface area (Å²) in [5.74, 6) is 0.879. The first-order chi connectivity index (χ1) is 20.5. The molecule has 1 amide bonds. The third-order valence-electron chi connectivity index (χ3n) is 6.40. The highest BCUT2D eigenvalue weighted by atomic mass is 35.5. The van der Waals surface area contributed by atoms with Crippen LogP contribution in [0.5, 0.6) is 23.0 Å². The number of ether oxygens (including phenoxy) is 4. The molecule has 3 aromatic carbocycles. The molecule has 4 rings (SSSR count). The molecule has 1 N–H and O–H groups in total. The molecule has 1 aromatic heterocycles. The van der Waals surface area contributed by atoms with E-state index in [0.717, 1.165) is 35.5 Å². The molecule has 0 aliphatic carbocycles. The summed E-state index contributed by atoms with van der Waals surface area (Å²) < 4.78 is 62.3. The van der Waals surface area contributed by atoms with Crippen LogP contribution in [0.2, 0.25) is 5.02 Å². The van der Waals surface area contributed by atoms with E-state index in [2.05, 4.69) is 10.3 Å². The van der Waals surface area contributed by atoms with Crippen LogP contribution in [0.3, 0.4) is 0 Å². The van der Waals surface area contributed by atoms with E-state index >= 15 is 0 Å². The molecule has 0 atom stereocenters. The van der Waals surface area contributed by atoms with Gasteiger partial charge in [-0.3, -0.25) is 14.2 Å². The first-order valence-corrected chi connectivity index (χ1v) is 14.0. The lowest BCUT2D eigenvalue weighted by Gasteiger charge is -2.16. The van der Waals surface area contributed by atoms with Gasteiger partial charge in [0.15, 0.2) is 28.2 Å². The zero-order valence-electron chi connectivity index (χ0n) is 23.5. The number of carbonyl (C=O) groups excluding carboxylic acids is 1. The van der Waals surface area contributed by atoms with Gasteiger partial charge in [0.1, 0.15) is 0 Å². The summed E-state index contributed by atoms with van der Waals surface area (Å²) in [4.78, 5) is 31.1. The molecule has 0 radical (unpaired) electrons. The lowest BCUT2D eigenvalue weighted by molar-refractivity contribution is -0.137. The highest BCUT2D eigenvalue weighted by Crippen LogP contribution is 2.35.